The summed E-state index contributed by atoms with van der Waals surface area (Å²) < 4.78 is 0. The third-order valence-electron chi connectivity index (χ3n) is 2.17. The summed E-state index contributed by atoms with van der Waals surface area (Å²) in [5.74, 6) is 0. The zero-order valence-electron chi connectivity index (χ0n) is 7.79. The van der Waals surface area contributed by atoms with Gasteiger partial charge in [-0.1, -0.05) is 23.2 Å². The molecule has 0 radical (unpaired) electrons. The molecular weight excluding hydrogens is 198 g/mol. The Hall–Kier alpha value is -1.12. The first-order chi connectivity index (χ1) is 6.70. The standard InChI is InChI=1S/C11H10ClNO/c1-7-2-3-10-8(4-7)5-9(6-14)11(12)13-10/h2-5,14H,6H2,1H3. The van der Waals surface area contributed by atoms with E-state index in [9.17, 15) is 0 Å². The molecule has 0 aliphatic rings. The van der Waals surface area contributed by atoms with Crippen LogP contribution in [0.2, 0.25) is 5.15 Å². The zero-order valence-corrected chi connectivity index (χ0v) is 8.54. The van der Waals surface area contributed by atoms with E-state index in [1.54, 1.807) is 0 Å². The van der Waals surface area contributed by atoms with Crippen molar-refractivity contribution in [3.05, 3.63) is 40.5 Å². The highest BCUT2D eigenvalue weighted by Gasteiger charge is 2.03. The number of rotatable bonds is 1. The Kier molecular flexibility index (Phi) is 2.40. The molecule has 0 saturated carbocycles. The van der Waals surface area contributed by atoms with Crippen LogP contribution >= 0.6 is 11.6 Å². The predicted octanol–water partition coefficient (Wildman–Crippen LogP) is 2.69. The third kappa shape index (κ3) is 1.59. The fraction of sp³-hybridized carbons (Fsp3) is 0.182. The van der Waals surface area contributed by atoms with Crippen molar-refractivity contribution in [2.24, 2.45) is 0 Å². The first kappa shape index (κ1) is 9.44. The fourth-order valence-electron chi connectivity index (χ4n) is 1.43. The van der Waals surface area contributed by atoms with Gasteiger partial charge in [-0.2, -0.15) is 0 Å². The van der Waals surface area contributed by atoms with Gasteiger partial charge in [0.05, 0.1) is 12.1 Å². The zero-order chi connectivity index (χ0) is 10.1. The second kappa shape index (κ2) is 3.56. The van der Waals surface area contributed by atoms with Crippen LogP contribution in [-0.2, 0) is 6.61 Å². The van der Waals surface area contributed by atoms with E-state index >= 15 is 0 Å². The Balaban J connectivity index is 2.73. The summed E-state index contributed by atoms with van der Waals surface area (Å²) in [6.07, 6.45) is 0. The van der Waals surface area contributed by atoms with Crippen LogP contribution in [0, 0.1) is 6.92 Å². The molecule has 72 valence electrons. The molecule has 1 aromatic heterocycles. The number of hydrogen-bond donors (Lipinski definition) is 1. The average Bonchev–Trinajstić information content (AvgIpc) is 2.17. The van der Waals surface area contributed by atoms with Gasteiger partial charge in [-0.25, -0.2) is 4.98 Å². The van der Waals surface area contributed by atoms with Gasteiger partial charge < -0.3 is 5.11 Å². The van der Waals surface area contributed by atoms with Gasteiger partial charge in [0.15, 0.2) is 0 Å². The number of hydrogen-bond acceptors (Lipinski definition) is 2. The maximum atomic E-state index is 9.02. The van der Waals surface area contributed by atoms with Gasteiger partial charge in [0.2, 0.25) is 0 Å². The Bertz CT molecular complexity index is 482. The minimum atomic E-state index is -0.0737. The van der Waals surface area contributed by atoms with Gasteiger partial charge in [-0.05, 0) is 25.1 Å². The van der Waals surface area contributed by atoms with Gasteiger partial charge in [0, 0.05) is 10.9 Å². The largest absolute Gasteiger partial charge is 0.392 e. The van der Waals surface area contributed by atoms with Crippen molar-refractivity contribution in [1.29, 1.82) is 0 Å². The normalized spacial score (nSPS) is 10.8. The van der Waals surface area contributed by atoms with Crippen molar-refractivity contribution < 1.29 is 5.11 Å². The van der Waals surface area contributed by atoms with Crippen LogP contribution in [0.1, 0.15) is 11.1 Å². The molecular formula is C11H10ClNO. The van der Waals surface area contributed by atoms with Gasteiger partial charge in [-0.3, -0.25) is 0 Å². The molecule has 0 atom stereocenters. The van der Waals surface area contributed by atoms with Crippen molar-refractivity contribution >= 4 is 22.5 Å². The number of halogens is 1. The molecule has 2 nitrogen and oxygen atoms in total. The number of pyridine rings is 1. The van der Waals surface area contributed by atoms with Crippen molar-refractivity contribution in [3.8, 4) is 0 Å². The van der Waals surface area contributed by atoms with E-state index in [1.807, 2.05) is 31.2 Å². The first-order valence-electron chi connectivity index (χ1n) is 4.37. The number of aromatic nitrogens is 1. The summed E-state index contributed by atoms with van der Waals surface area (Å²) in [5, 5.41) is 10.4. The summed E-state index contributed by atoms with van der Waals surface area (Å²) in [7, 11) is 0. The first-order valence-corrected chi connectivity index (χ1v) is 4.75. The maximum Gasteiger partial charge on any atom is 0.135 e. The average molecular weight is 208 g/mol. The van der Waals surface area contributed by atoms with E-state index < -0.39 is 0 Å². The van der Waals surface area contributed by atoms with E-state index in [2.05, 4.69) is 4.98 Å². The molecule has 0 bridgehead atoms. The summed E-state index contributed by atoms with van der Waals surface area (Å²) in [5.41, 5.74) is 2.70. The van der Waals surface area contributed by atoms with Crippen LogP contribution in [-0.4, -0.2) is 10.1 Å². The van der Waals surface area contributed by atoms with Crippen molar-refractivity contribution in [1.82, 2.24) is 4.98 Å². The topological polar surface area (TPSA) is 33.1 Å². The number of aliphatic hydroxyl groups excluding tert-OH is 1. The lowest BCUT2D eigenvalue weighted by atomic mass is 10.1. The highest BCUT2D eigenvalue weighted by atomic mass is 35.5. The molecule has 0 fully saturated rings. The summed E-state index contributed by atoms with van der Waals surface area (Å²) in [6.45, 7) is 1.95. The van der Waals surface area contributed by atoms with Gasteiger partial charge in [0.1, 0.15) is 5.15 Å². The van der Waals surface area contributed by atoms with Gasteiger partial charge in [0.25, 0.3) is 0 Å². The molecule has 0 aliphatic heterocycles. The van der Waals surface area contributed by atoms with Crippen LogP contribution in [0.3, 0.4) is 0 Å². The fourth-order valence-corrected chi connectivity index (χ4v) is 1.63. The molecule has 0 aliphatic carbocycles. The highest BCUT2D eigenvalue weighted by Crippen LogP contribution is 2.21. The lowest BCUT2D eigenvalue weighted by molar-refractivity contribution is 0.281. The number of nitrogens with zero attached hydrogens (tertiary/aromatic N) is 1. The number of benzene rings is 1. The molecule has 1 aromatic carbocycles. The molecule has 2 rings (SSSR count). The summed E-state index contributed by atoms with van der Waals surface area (Å²) in [6, 6.07) is 7.82. The van der Waals surface area contributed by atoms with E-state index in [0.29, 0.717) is 10.7 Å². The molecule has 0 amide bonds. The van der Waals surface area contributed by atoms with Crippen LogP contribution in [0.25, 0.3) is 10.9 Å². The summed E-state index contributed by atoms with van der Waals surface area (Å²) >= 11 is 5.87. The number of aliphatic hydroxyl groups is 1. The quantitative estimate of drug-likeness (QED) is 0.730. The number of fused-ring (bicyclic) bond motifs is 1. The Morgan fingerprint density at radius 1 is 1.36 bits per heavy atom. The predicted molar refractivity (Wildman–Crippen MR) is 57.4 cm³/mol. The molecule has 1 N–H and O–H groups in total. The molecule has 0 spiro atoms. The summed E-state index contributed by atoms with van der Waals surface area (Å²) in [4.78, 5) is 4.19. The number of aryl methyl sites for hydroxylation is 1. The minimum absolute atomic E-state index is 0.0737. The Labute approximate surface area is 87.2 Å². The molecule has 1 heterocycles. The van der Waals surface area contributed by atoms with E-state index in [1.165, 1.54) is 5.56 Å². The molecule has 3 heteroatoms. The molecule has 0 saturated heterocycles. The van der Waals surface area contributed by atoms with Crippen LogP contribution in [0.15, 0.2) is 24.3 Å². The molecule has 2 aromatic rings. The smallest absolute Gasteiger partial charge is 0.135 e. The Morgan fingerprint density at radius 3 is 2.86 bits per heavy atom. The van der Waals surface area contributed by atoms with Gasteiger partial charge in [-0.15, -0.1) is 0 Å². The maximum absolute atomic E-state index is 9.02. The van der Waals surface area contributed by atoms with E-state index in [-0.39, 0.29) is 6.61 Å². The monoisotopic (exact) mass is 207 g/mol. The van der Waals surface area contributed by atoms with Gasteiger partial charge >= 0.3 is 0 Å². The second-order valence-corrected chi connectivity index (χ2v) is 3.65. The third-order valence-corrected chi connectivity index (χ3v) is 2.49. The van der Waals surface area contributed by atoms with Crippen LogP contribution in [0.4, 0.5) is 0 Å². The Morgan fingerprint density at radius 2 is 2.14 bits per heavy atom. The SMILES string of the molecule is Cc1ccc2nc(Cl)c(CO)cc2c1. The lowest BCUT2D eigenvalue weighted by Gasteiger charge is -2.03. The molecule has 0 unspecified atom stereocenters. The van der Waals surface area contributed by atoms with E-state index in [0.717, 1.165) is 10.9 Å². The van der Waals surface area contributed by atoms with Crippen LogP contribution in [0.5, 0.6) is 0 Å². The lowest BCUT2D eigenvalue weighted by Crippen LogP contribution is -1.90. The highest BCUT2D eigenvalue weighted by molar-refractivity contribution is 6.30. The van der Waals surface area contributed by atoms with E-state index in [4.69, 9.17) is 16.7 Å². The minimum Gasteiger partial charge on any atom is -0.392 e. The van der Waals surface area contributed by atoms with Crippen molar-refractivity contribution in [3.63, 3.8) is 0 Å². The van der Waals surface area contributed by atoms with Crippen LogP contribution < -0.4 is 0 Å². The molecule has 14 heavy (non-hydrogen) atoms. The van der Waals surface area contributed by atoms with Crippen molar-refractivity contribution in [2.75, 3.05) is 0 Å². The second-order valence-electron chi connectivity index (χ2n) is 3.29. The van der Waals surface area contributed by atoms with Crippen molar-refractivity contribution in [2.45, 2.75) is 13.5 Å².